The highest BCUT2D eigenvalue weighted by molar-refractivity contribution is 7.11. The molecular weight excluding hydrogens is 262 g/mol. The maximum atomic E-state index is 10.7. The third-order valence-corrected chi connectivity index (χ3v) is 3.94. The quantitative estimate of drug-likeness (QED) is 0.912. The maximum absolute atomic E-state index is 10.7. The number of methoxy groups -OCH3 is 1. The fourth-order valence-electron chi connectivity index (χ4n) is 1.88. The van der Waals surface area contributed by atoms with Crippen molar-refractivity contribution in [3.63, 3.8) is 0 Å². The van der Waals surface area contributed by atoms with Gasteiger partial charge in [-0.15, -0.1) is 11.3 Å². The van der Waals surface area contributed by atoms with E-state index in [0.717, 1.165) is 21.9 Å². The average molecular weight is 277 g/mol. The van der Waals surface area contributed by atoms with Crippen molar-refractivity contribution in [1.82, 2.24) is 4.98 Å². The predicted molar refractivity (Wildman–Crippen MR) is 74.0 cm³/mol. The Morgan fingerprint density at radius 2 is 2.16 bits per heavy atom. The summed E-state index contributed by atoms with van der Waals surface area (Å²) in [5, 5.41) is 9.43. The van der Waals surface area contributed by atoms with Gasteiger partial charge in [0, 0.05) is 11.3 Å². The average Bonchev–Trinajstić information content (AvgIpc) is 2.69. The van der Waals surface area contributed by atoms with Crippen LogP contribution in [-0.2, 0) is 17.6 Å². The van der Waals surface area contributed by atoms with E-state index in [0.29, 0.717) is 11.4 Å². The molecule has 0 aliphatic heterocycles. The molecule has 5 heteroatoms. The van der Waals surface area contributed by atoms with E-state index in [1.54, 1.807) is 7.11 Å². The molecule has 0 fully saturated rings. The van der Waals surface area contributed by atoms with Crippen LogP contribution in [0.3, 0.4) is 0 Å². The SMILES string of the molecule is COc1ccccc1Cc1sc(CC(=O)O)nc1C. The van der Waals surface area contributed by atoms with Crippen molar-refractivity contribution in [2.45, 2.75) is 19.8 Å². The molecule has 1 aromatic carbocycles. The lowest BCUT2D eigenvalue weighted by molar-refractivity contribution is -0.136. The van der Waals surface area contributed by atoms with Gasteiger partial charge in [-0.2, -0.15) is 0 Å². The first-order valence-corrected chi connectivity index (χ1v) is 6.70. The van der Waals surface area contributed by atoms with Crippen LogP contribution in [0.25, 0.3) is 0 Å². The van der Waals surface area contributed by atoms with Gasteiger partial charge >= 0.3 is 5.97 Å². The van der Waals surface area contributed by atoms with Crippen LogP contribution in [0, 0.1) is 6.92 Å². The van der Waals surface area contributed by atoms with Gasteiger partial charge in [-0.3, -0.25) is 4.79 Å². The molecule has 1 heterocycles. The van der Waals surface area contributed by atoms with Gasteiger partial charge in [-0.1, -0.05) is 18.2 Å². The smallest absolute Gasteiger partial charge is 0.310 e. The summed E-state index contributed by atoms with van der Waals surface area (Å²) >= 11 is 1.45. The minimum Gasteiger partial charge on any atom is -0.496 e. The van der Waals surface area contributed by atoms with Crippen molar-refractivity contribution >= 4 is 17.3 Å². The number of nitrogens with zero attached hydrogens (tertiary/aromatic N) is 1. The van der Waals surface area contributed by atoms with Crippen molar-refractivity contribution in [2.24, 2.45) is 0 Å². The van der Waals surface area contributed by atoms with Crippen molar-refractivity contribution in [3.05, 3.63) is 45.4 Å². The predicted octanol–water partition coefficient (Wildman–Crippen LogP) is 2.68. The first kappa shape index (κ1) is 13.5. The Balaban J connectivity index is 2.23. The van der Waals surface area contributed by atoms with Crippen molar-refractivity contribution < 1.29 is 14.6 Å². The second-order valence-electron chi connectivity index (χ2n) is 4.18. The number of aryl methyl sites for hydroxylation is 1. The zero-order valence-corrected chi connectivity index (χ0v) is 11.7. The summed E-state index contributed by atoms with van der Waals surface area (Å²) in [6, 6.07) is 7.82. The van der Waals surface area contributed by atoms with Gasteiger partial charge in [0.05, 0.1) is 19.2 Å². The number of carboxylic acid groups (broad SMARTS) is 1. The molecule has 0 saturated heterocycles. The number of carbonyl (C=O) groups is 1. The van der Waals surface area contributed by atoms with Crippen LogP contribution in [0.5, 0.6) is 5.75 Å². The number of hydrogen-bond acceptors (Lipinski definition) is 4. The molecule has 2 aromatic rings. The van der Waals surface area contributed by atoms with E-state index in [1.165, 1.54) is 11.3 Å². The molecule has 1 N–H and O–H groups in total. The van der Waals surface area contributed by atoms with Crippen molar-refractivity contribution in [3.8, 4) is 5.75 Å². The number of benzene rings is 1. The van der Waals surface area contributed by atoms with Gasteiger partial charge in [0.1, 0.15) is 10.8 Å². The molecule has 0 aliphatic rings. The number of thiazole rings is 1. The van der Waals surface area contributed by atoms with E-state index in [4.69, 9.17) is 9.84 Å². The van der Waals surface area contributed by atoms with Gasteiger partial charge in [0.2, 0.25) is 0 Å². The molecule has 19 heavy (non-hydrogen) atoms. The molecule has 0 amide bonds. The normalized spacial score (nSPS) is 10.4. The number of para-hydroxylation sites is 1. The maximum Gasteiger partial charge on any atom is 0.310 e. The molecule has 0 spiro atoms. The largest absolute Gasteiger partial charge is 0.496 e. The van der Waals surface area contributed by atoms with Crippen molar-refractivity contribution in [2.75, 3.05) is 7.11 Å². The van der Waals surface area contributed by atoms with E-state index >= 15 is 0 Å². The number of carboxylic acids is 1. The molecule has 1 aromatic heterocycles. The molecule has 0 atom stereocenters. The van der Waals surface area contributed by atoms with Gasteiger partial charge in [-0.25, -0.2) is 4.98 Å². The molecule has 0 aliphatic carbocycles. The van der Waals surface area contributed by atoms with Crippen LogP contribution in [0.1, 0.15) is 21.1 Å². The summed E-state index contributed by atoms with van der Waals surface area (Å²) in [7, 11) is 1.65. The third kappa shape index (κ3) is 3.32. The van der Waals surface area contributed by atoms with E-state index in [2.05, 4.69) is 4.98 Å². The Morgan fingerprint density at radius 1 is 1.42 bits per heavy atom. The van der Waals surface area contributed by atoms with Crippen LogP contribution in [-0.4, -0.2) is 23.2 Å². The summed E-state index contributed by atoms with van der Waals surface area (Å²) in [6.07, 6.45) is 0.699. The van der Waals surface area contributed by atoms with E-state index in [-0.39, 0.29) is 6.42 Å². The monoisotopic (exact) mass is 277 g/mol. The second kappa shape index (κ2) is 5.84. The van der Waals surface area contributed by atoms with E-state index < -0.39 is 5.97 Å². The Labute approximate surface area is 115 Å². The minimum absolute atomic E-state index is 0.0164. The molecule has 100 valence electrons. The number of aliphatic carboxylic acids is 1. The topological polar surface area (TPSA) is 59.4 Å². The van der Waals surface area contributed by atoms with Gasteiger partial charge in [0.15, 0.2) is 0 Å². The molecular formula is C14H15NO3S. The van der Waals surface area contributed by atoms with E-state index in [1.807, 2.05) is 31.2 Å². The second-order valence-corrected chi connectivity index (χ2v) is 5.34. The van der Waals surface area contributed by atoms with Crippen LogP contribution < -0.4 is 4.74 Å². The minimum atomic E-state index is -0.849. The van der Waals surface area contributed by atoms with Gasteiger partial charge in [0.25, 0.3) is 0 Å². The zero-order valence-electron chi connectivity index (χ0n) is 10.8. The van der Waals surface area contributed by atoms with Gasteiger partial charge in [-0.05, 0) is 18.6 Å². The van der Waals surface area contributed by atoms with Crippen molar-refractivity contribution in [1.29, 1.82) is 0 Å². The number of ether oxygens (including phenoxy) is 1. The van der Waals surface area contributed by atoms with Crippen LogP contribution in [0.15, 0.2) is 24.3 Å². The van der Waals surface area contributed by atoms with Crippen LogP contribution in [0.4, 0.5) is 0 Å². The first-order valence-electron chi connectivity index (χ1n) is 5.89. The van der Waals surface area contributed by atoms with Crippen LogP contribution >= 0.6 is 11.3 Å². The first-order chi connectivity index (χ1) is 9.10. The molecule has 0 bridgehead atoms. The zero-order chi connectivity index (χ0) is 13.8. The molecule has 2 rings (SSSR count). The number of aromatic nitrogens is 1. The highest BCUT2D eigenvalue weighted by atomic mass is 32.1. The van der Waals surface area contributed by atoms with Crippen LogP contribution in [0.2, 0.25) is 0 Å². The standard InChI is InChI=1S/C14H15NO3S/c1-9-12(19-13(15-9)8-14(16)17)7-10-5-3-4-6-11(10)18-2/h3-6H,7-8H2,1-2H3,(H,16,17). The summed E-state index contributed by atoms with van der Waals surface area (Å²) < 4.78 is 5.32. The Hall–Kier alpha value is -1.88. The Bertz CT molecular complexity index is 592. The summed E-state index contributed by atoms with van der Waals surface area (Å²) in [5.74, 6) is -0.00678. The van der Waals surface area contributed by atoms with Gasteiger partial charge < -0.3 is 9.84 Å². The van der Waals surface area contributed by atoms with E-state index in [9.17, 15) is 4.79 Å². The highest BCUT2D eigenvalue weighted by Gasteiger charge is 2.12. The summed E-state index contributed by atoms with van der Waals surface area (Å²) in [6.45, 7) is 1.91. The summed E-state index contributed by atoms with van der Waals surface area (Å²) in [4.78, 5) is 16.1. The Kier molecular flexibility index (Phi) is 4.16. The molecule has 4 nitrogen and oxygen atoms in total. The molecule has 0 unspecified atom stereocenters. The lowest BCUT2D eigenvalue weighted by Crippen LogP contribution is -1.98. The number of rotatable bonds is 5. The molecule has 0 radical (unpaired) electrons. The lowest BCUT2D eigenvalue weighted by atomic mass is 10.1. The fraction of sp³-hybridized carbons (Fsp3) is 0.286. The highest BCUT2D eigenvalue weighted by Crippen LogP contribution is 2.26. The molecule has 0 saturated carbocycles. The lowest BCUT2D eigenvalue weighted by Gasteiger charge is -2.06. The number of hydrogen-bond donors (Lipinski definition) is 1. The summed E-state index contributed by atoms with van der Waals surface area (Å²) in [5.41, 5.74) is 1.98. The fourth-order valence-corrected chi connectivity index (χ4v) is 2.96. The third-order valence-electron chi connectivity index (χ3n) is 2.78. The Morgan fingerprint density at radius 3 is 2.84 bits per heavy atom.